The first-order chi connectivity index (χ1) is 20.5. The molecule has 43 heavy (non-hydrogen) atoms. The van der Waals surface area contributed by atoms with Crippen molar-refractivity contribution in [3.8, 4) is 0 Å². The number of carboxylic acids is 1. The van der Waals surface area contributed by atoms with Gasteiger partial charge in [-0.3, -0.25) is 33.8 Å². The van der Waals surface area contributed by atoms with Crippen LogP contribution >= 0.6 is 0 Å². The number of amides is 5. The third-order valence-electron chi connectivity index (χ3n) is 6.53. The normalized spacial score (nSPS) is 22.0. The highest BCUT2D eigenvalue weighted by molar-refractivity contribution is 5.98. The van der Waals surface area contributed by atoms with Crippen LogP contribution in [-0.2, 0) is 35.2 Å². The lowest BCUT2D eigenvalue weighted by Crippen LogP contribution is -2.58. The Morgan fingerprint density at radius 3 is 2.00 bits per heavy atom. The number of aliphatic carboxylic acids is 1. The van der Waals surface area contributed by atoms with Crippen LogP contribution in [0.2, 0.25) is 0 Å². The van der Waals surface area contributed by atoms with Crippen LogP contribution in [0.4, 0.5) is 0 Å². The zero-order chi connectivity index (χ0) is 31.8. The second-order valence-corrected chi connectivity index (χ2v) is 10.0. The Morgan fingerprint density at radius 1 is 0.791 bits per heavy atom. The number of nitrogens with one attached hydrogen (secondary N) is 5. The number of hydrogen-bond donors (Lipinski definition) is 9. The molecule has 1 aliphatic heterocycles. The molecule has 236 valence electrons. The third-order valence-corrected chi connectivity index (χ3v) is 6.53. The summed E-state index contributed by atoms with van der Waals surface area (Å²) in [5, 5.41) is 21.9. The summed E-state index contributed by atoms with van der Waals surface area (Å²) in [5.41, 5.74) is 17.0. The summed E-state index contributed by atoms with van der Waals surface area (Å²) >= 11 is 0. The van der Waals surface area contributed by atoms with E-state index >= 15 is 0 Å². The van der Waals surface area contributed by atoms with Crippen LogP contribution in [0.25, 0.3) is 0 Å². The van der Waals surface area contributed by atoms with Crippen molar-refractivity contribution in [3.05, 3.63) is 35.9 Å². The Balaban J connectivity index is 2.44. The first kappa shape index (κ1) is 34.5. The zero-order valence-corrected chi connectivity index (χ0v) is 23.8. The van der Waals surface area contributed by atoms with E-state index in [2.05, 4.69) is 31.6 Å². The maximum atomic E-state index is 13.5. The van der Waals surface area contributed by atoms with Crippen LogP contribution in [0.3, 0.4) is 0 Å². The number of guanidine groups is 1. The molecule has 4 atom stereocenters. The van der Waals surface area contributed by atoms with Gasteiger partial charge in [-0.05, 0) is 44.2 Å². The van der Waals surface area contributed by atoms with Crippen LogP contribution in [0, 0.1) is 0 Å². The maximum absolute atomic E-state index is 13.5. The predicted octanol–water partition coefficient (Wildman–Crippen LogP) is -3.04. The molecule has 1 aromatic rings. The van der Waals surface area contributed by atoms with E-state index < -0.39 is 72.6 Å². The van der Waals surface area contributed by atoms with Crippen LogP contribution in [0.1, 0.15) is 44.1 Å². The van der Waals surface area contributed by atoms with Gasteiger partial charge >= 0.3 is 5.97 Å². The van der Waals surface area contributed by atoms with E-state index in [1.54, 1.807) is 30.3 Å². The number of aliphatic imine (C=N–C) groups is 1. The fraction of sp³-hybridized carbons (Fsp3) is 0.519. The Kier molecular flexibility index (Phi) is 14.4. The van der Waals surface area contributed by atoms with Gasteiger partial charge in [-0.25, -0.2) is 0 Å². The molecule has 2 rings (SSSR count). The summed E-state index contributed by atoms with van der Waals surface area (Å²) in [5.74, 6) is -5.36. The number of carbonyl (C=O) groups is 6. The van der Waals surface area contributed by atoms with E-state index in [0.29, 0.717) is 31.4 Å². The van der Waals surface area contributed by atoms with Gasteiger partial charge in [0.15, 0.2) is 5.96 Å². The minimum Gasteiger partial charge on any atom is -0.481 e. The summed E-state index contributed by atoms with van der Waals surface area (Å²) in [7, 11) is 0. The van der Waals surface area contributed by atoms with Crippen molar-refractivity contribution in [1.82, 2.24) is 26.6 Å². The van der Waals surface area contributed by atoms with Crippen molar-refractivity contribution in [2.75, 3.05) is 19.6 Å². The summed E-state index contributed by atoms with van der Waals surface area (Å²) in [6.45, 7) is -0.0746. The molecule has 5 amide bonds. The smallest absolute Gasteiger partial charge is 0.305 e. The quantitative estimate of drug-likeness (QED) is 0.0661. The fourth-order valence-corrected chi connectivity index (χ4v) is 4.33. The molecule has 1 aromatic carbocycles. The van der Waals surface area contributed by atoms with Gasteiger partial charge in [0.25, 0.3) is 0 Å². The van der Waals surface area contributed by atoms with Crippen LogP contribution in [0.5, 0.6) is 0 Å². The van der Waals surface area contributed by atoms with E-state index in [-0.39, 0.29) is 31.8 Å². The van der Waals surface area contributed by atoms with Crippen molar-refractivity contribution < 1.29 is 33.9 Å². The van der Waals surface area contributed by atoms with Gasteiger partial charge in [0.2, 0.25) is 29.5 Å². The summed E-state index contributed by atoms with van der Waals surface area (Å²) in [4.78, 5) is 81.1. The minimum absolute atomic E-state index is 0.0107. The van der Waals surface area contributed by atoms with Crippen LogP contribution in [0.15, 0.2) is 35.3 Å². The highest BCUT2D eigenvalue weighted by Gasteiger charge is 2.33. The molecule has 16 nitrogen and oxygen atoms in total. The van der Waals surface area contributed by atoms with Gasteiger partial charge in [-0.1, -0.05) is 30.3 Å². The Labute approximate surface area is 249 Å². The molecule has 0 aliphatic carbocycles. The largest absolute Gasteiger partial charge is 0.481 e. The average molecular weight is 604 g/mol. The minimum atomic E-state index is -1.55. The van der Waals surface area contributed by atoms with E-state index in [0.717, 1.165) is 0 Å². The highest BCUT2D eigenvalue weighted by atomic mass is 16.4. The zero-order valence-electron chi connectivity index (χ0n) is 23.8. The number of unbranched alkanes of at least 4 members (excludes halogenated alkanes) is 1. The summed E-state index contributed by atoms with van der Waals surface area (Å²) in [6.07, 6.45) is 0.854. The van der Waals surface area contributed by atoms with Gasteiger partial charge in [0, 0.05) is 13.0 Å². The number of carbonyl (C=O) groups excluding carboxylic acids is 5. The van der Waals surface area contributed by atoms with Crippen molar-refractivity contribution >= 4 is 41.5 Å². The SMILES string of the molecule is NCCCC[C@H]1NC(=O)[C@H](CCCN=C(N)N)NC(=O)CNC(=O)[C@@H](CC(=O)O)NC(=O)[C@@H](Cc2ccccc2)NC1=O. The van der Waals surface area contributed by atoms with Crippen LogP contribution in [-0.4, -0.2) is 90.4 Å². The van der Waals surface area contributed by atoms with E-state index in [4.69, 9.17) is 17.2 Å². The second kappa shape index (κ2) is 17.9. The number of rotatable bonds is 12. The molecule has 1 fully saturated rings. The highest BCUT2D eigenvalue weighted by Crippen LogP contribution is 2.09. The van der Waals surface area contributed by atoms with Crippen LogP contribution < -0.4 is 43.8 Å². The summed E-state index contributed by atoms with van der Waals surface area (Å²) in [6, 6.07) is 3.75. The molecule has 16 heteroatoms. The molecular formula is C27H41N9O7. The van der Waals surface area contributed by atoms with Crippen molar-refractivity contribution in [1.29, 1.82) is 0 Å². The predicted molar refractivity (Wildman–Crippen MR) is 156 cm³/mol. The molecule has 0 radical (unpaired) electrons. The van der Waals surface area contributed by atoms with E-state index in [9.17, 15) is 33.9 Å². The van der Waals surface area contributed by atoms with Gasteiger partial charge in [0.05, 0.1) is 13.0 Å². The fourth-order valence-electron chi connectivity index (χ4n) is 4.33. The first-order valence-corrected chi connectivity index (χ1v) is 14.0. The molecule has 0 spiro atoms. The first-order valence-electron chi connectivity index (χ1n) is 14.0. The Morgan fingerprint density at radius 2 is 1.37 bits per heavy atom. The molecule has 1 saturated heterocycles. The topological polar surface area (TPSA) is 273 Å². The molecule has 0 saturated carbocycles. The Bertz CT molecular complexity index is 1160. The van der Waals surface area contributed by atoms with Crippen molar-refractivity contribution in [3.63, 3.8) is 0 Å². The molecule has 0 unspecified atom stereocenters. The number of hydrogen-bond acceptors (Lipinski definition) is 8. The second-order valence-electron chi connectivity index (χ2n) is 10.0. The average Bonchev–Trinajstić information content (AvgIpc) is 2.95. The number of carboxylic acid groups (broad SMARTS) is 1. The molecule has 12 N–H and O–H groups in total. The van der Waals surface area contributed by atoms with E-state index in [1.807, 2.05) is 0 Å². The number of nitrogens with zero attached hydrogens (tertiary/aromatic N) is 1. The lowest BCUT2D eigenvalue weighted by atomic mass is 10.0. The Hall–Kier alpha value is -4.73. The van der Waals surface area contributed by atoms with Crippen molar-refractivity contribution in [2.24, 2.45) is 22.2 Å². The monoisotopic (exact) mass is 603 g/mol. The number of benzene rings is 1. The van der Waals surface area contributed by atoms with Gasteiger partial charge in [0.1, 0.15) is 24.2 Å². The lowest BCUT2D eigenvalue weighted by Gasteiger charge is -2.26. The third kappa shape index (κ3) is 12.8. The van der Waals surface area contributed by atoms with Gasteiger partial charge in [-0.2, -0.15) is 0 Å². The lowest BCUT2D eigenvalue weighted by molar-refractivity contribution is -0.141. The molecule has 1 aliphatic rings. The van der Waals surface area contributed by atoms with Crippen molar-refractivity contribution in [2.45, 2.75) is 69.1 Å². The standard InChI is InChI=1S/C27H41N9O7/c28-11-5-4-9-18-25(42)35-19(13-16-7-2-1-3-8-16)26(43)36-20(14-22(38)39)23(40)32-15-21(37)33-17(24(41)34-18)10-6-12-31-27(29)30/h1-3,7-8,17-20H,4-6,9-15,28H2,(H,32,40)(H,33,37)(H,34,41)(H,35,42)(H,36,43)(H,38,39)(H4,29,30,31)/t17-,18+,19+,20+/m0/s1. The van der Waals surface area contributed by atoms with Gasteiger partial charge < -0.3 is 48.9 Å². The molecule has 0 bridgehead atoms. The molecular weight excluding hydrogens is 562 g/mol. The maximum Gasteiger partial charge on any atom is 0.305 e. The molecule has 1 heterocycles. The number of nitrogens with two attached hydrogens (primary N) is 3. The summed E-state index contributed by atoms with van der Waals surface area (Å²) < 4.78 is 0. The molecule has 0 aromatic heterocycles. The van der Waals surface area contributed by atoms with E-state index in [1.165, 1.54) is 0 Å². The van der Waals surface area contributed by atoms with Gasteiger partial charge in [-0.15, -0.1) is 0 Å².